The van der Waals surface area contributed by atoms with E-state index in [1.807, 2.05) is 19.9 Å². The summed E-state index contributed by atoms with van der Waals surface area (Å²) < 4.78 is 46.6. The lowest BCUT2D eigenvalue weighted by molar-refractivity contribution is -0.137. The summed E-state index contributed by atoms with van der Waals surface area (Å²) in [7, 11) is 2.21. The fraction of sp³-hybridized carbons (Fsp3) is 0.621. The number of carbonyl (C=O) groups is 1. The Labute approximate surface area is 239 Å². The van der Waals surface area contributed by atoms with Gasteiger partial charge < -0.3 is 25.2 Å². The molecule has 2 atom stereocenters. The number of nitrogens with zero attached hydrogens (tertiary/aromatic N) is 5. The third-order valence-corrected chi connectivity index (χ3v) is 8.53. The number of aryl methyl sites for hydroxylation is 1. The van der Waals surface area contributed by atoms with Crippen LogP contribution in [0.1, 0.15) is 57.6 Å². The minimum Gasteiger partial charge on any atom is -0.443 e. The fourth-order valence-corrected chi connectivity index (χ4v) is 5.95. The van der Waals surface area contributed by atoms with E-state index in [0.29, 0.717) is 38.0 Å². The molecule has 1 amide bonds. The van der Waals surface area contributed by atoms with Gasteiger partial charge in [-0.25, -0.2) is 9.78 Å². The van der Waals surface area contributed by atoms with Gasteiger partial charge in [-0.2, -0.15) is 18.2 Å². The maximum Gasteiger partial charge on any atom is 0.421 e. The van der Waals surface area contributed by atoms with Gasteiger partial charge in [0, 0.05) is 68.8 Å². The van der Waals surface area contributed by atoms with Gasteiger partial charge >= 0.3 is 12.3 Å². The minimum atomic E-state index is -4.61. The summed E-state index contributed by atoms with van der Waals surface area (Å²) in [5, 5.41) is 5.95. The van der Waals surface area contributed by atoms with Crippen molar-refractivity contribution in [1.82, 2.24) is 19.8 Å². The van der Waals surface area contributed by atoms with Gasteiger partial charge in [-0.15, -0.1) is 0 Å². The third kappa shape index (κ3) is 6.63. The van der Waals surface area contributed by atoms with E-state index >= 15 is 0 Å². The van der Waals surface area contributed by atoms with Crippen molar-refractivity contribution < 1.29 is 22.7 Å². The number of likely N-dealkylation sites (N-methyl/N-ethyl adjacent to an activating group) is 1. The number of amides is 1. The molecule has 3 aliphatic heterocycles. The second-order valence-electron chi connectivity index (χ2n) is 11.9. The highest BCUT2D eigenvalue weighted by molar-refractivity contribution is 5.69. The molecule has 3 aliphatic rings. The maximum absolute atomic E-state index is 13.7. The van der Waals surface area contributed by atoms with Crippen molar-refractivity contribution in [3.63, 3.8) is 0 Å². The van der Waals surface area contributed by atoms with Gasteiger partial charge in [0.15, 0.2) is 0 Å². The summed E-state index contributed by atoms with van der Waals surface area (Å²) in [6.45, 7) is 8.89. The topological polar surface area (TPSA) is 85.9 Å². The average Bonchev–Trinajstić information content (AvgIpc) is 3.10. The number of hydrogen-bond donors (Lipinski definition) is 2. The summed E-state index contributed by atoms with van der Waals surface area (Å²) in [6.07, 6.45) is 0.133. The van der Waals surface area contributed by atoms with Gasteiger partial charge in [-0.3, -0.25) is 4.90 Å². The Bertz CT molecular complexity index is 1240. The van der Waals surface area contributed by atoms with Crippen molar-refractivity contribution in [3.05, 3.63) is 35.5 Å². The molecule has 2 unspecified atom stereocenters. The number of benzene rings is 1. The normalized spacial score (nSPS) is 22.6. The molecule has 0 radical (unpaired) electrons. The summed E-state index contributed by atoms with van der Waals surface area (Å²) in [6, 6.07) is 7.32. The molecule has 2 aromatic rings. The molecule has 0 aliphatic carbocycles. The summed E-state index contributed by atoms with van der Waals surface area (Å²) in [5.74, 6) is -0.206. The summed E-state index contributed by atoms with van der Waals surface area (Å²) >= 11 is 0. The predicted molar refractivity (Wildman–Crippen MR) is 153 cm³/mol. The number of nitrogens with one attached hydrogen (secondary N) is 2. The van der Waals surface area contributed by atoms with Crippen LogP contribution >= 0.6 is 0 Å². The first-order valence-corrected chi connectivity index (χ1v) is 14.5. The number of alkyl halides is 3. The van der Waals surface area contributed by atoms with E-state index in [4.69, 9.17) is 4.74 Å². The van der Waals surface area contributed by atoms with E-state index in [9.17, 15) is 18.0 Å². The predicted octanol–water partition coefficient (Wildman–Crippen LogP) is 5.51. The summed E-state index contributed by atoms with van der Waals surface area (Å²) in [5.41, 5.74) is 1.54. The number of ether oxygens (including phenoxy) is 1. The Morgan fingerprint density at radius 3 is 2.56 bits per heavy atom. The van der Waals surface area contributed by atoms with Crippen molar-refractivity contribution in [2.75, 3.05) is 55.3 Å². The smallest absolute Gasteiger partial charge is 0.421 e. The van der Waals surface area contributed by atoms with Crippen LogP contribution in [-0.4, -0.2) is 83.3 Å². The molecule has 4 heterocycles. The Kier molecular flexibility index (Phi) is 8.22. The van der Waals surface area contributed by atoms with E-state index < -0.39 is 23.4 Å². The molecule has 0 spiro atoms. The molecule has 2 N–H and O–H groups in total. The second-order valence-corrected chi connectivity index (χ2v) is 11.9. The molecular weight excluding hydrogens is 535 g/mol. The molecule has 3 saturated heterocycles. The number of carbonyl (C=O) groups excluding carboxylic acids is 1. The molecule has 5 rings (SSSR count). The standard InChI is InChI=1S/C29H40F3N7O2/c1-5-19-15-20(39-17-21-7-8-22(18-39)37(21)4)9-10-24(19)35-26-34-16-23(29(30,31)32)25(36-26)33-12-6-13-38-14-11-28(2,3)41-27(38)40/h9-10,15-16,21-22H,5-8,11-14,17-18H2,1-4H3,(H2,33,34,35,36). The van der Waals surface area contributed by atoms with Gasteiger partial charge in [0.25, 0.3) is 0 Å². The van der Waals surface area contributed by atoms with Crippen LogP contribution in [0.5, 0.6) is 0 Å². The van der Waals surface area contributed by atoms with E-state index in [2.05, 4.69) is 56.5 Å². The van der Waals surface area contributed by atoms with Gasteiger partial charge in [0.1, 0.15) is 17.0 Å². The highest BCUT2D eigenvalue weighted by atomic mass is 19.4. The van der Waals surface area contributed by atoms with Gasteiger partial charge in [-0.1, -0.05) is 6.92 Å². The van der Waals surface area contributed by atoms with Crippen molar-refractivity contribution in [2.24, 2.45) is 0 Å². The number of halogens is 3. The number of fused-ring (bicyclic) bond motifs is 2. The first-order valence-electron chi connectivity index (χ1n) is 14.5. The van der Waals surface area contributed by atoms with E-state index in [-0.39, 0.29) is 18.3 Å². The van der Waals surface area contributed by atoms with Crippen LogP contribution in [-0.2, 0) is 17.3 Å². The average molecular weight is 576 g/mol. The number of aromatic nitrogens is 2. The highest BCUT2D eigenvalue weighted by Gasteiger charge is 2.38. The first kappa shape index (κ1) is 29.2. The summed E-state index contributed by atoms with van der Waals surface area (Å²) in [4.78, 5) is 26.9. The fourth-order valence-electron chi connectivity index (χ4n) is 5.95. The molecule has 2 bridgehead atoms. The molecule has 9 nitrogen and oxygen atoms in total. The highest BCUT2D eigenvalue weighted by Crippen LogP contribution is 2.36. The van der Waals surface area contributed by atoms with Crippen molar-refractivity contribution in [2.45, 2.75) is 76.7 Å². The largest absolute Gasteiger partial charge is 0.443 e. The molecule has 0 saturated carbocycles. The Balaban J connectivity index is 1.25. The lowest BCUT2D eigenvalue weighted by Crippen LogP contribution is -2.52. The molecule has 1 aromatic heterocycles. The van der Waals surface area contributed by atoms with Crippen LogP contribution < -0.4 is 15.5 Å². The lowest BCUT2D eigenvalue weighted by atomic mass is 10.0. The molecular formula is C29H40F3N7O2. The van der Waals surface area contributed by atoms with Crippen LogP contribution in [0, 0.1) is 0 Å². The van der Waals surface area contributed by atoms with Gasteiger partial charge in [-0.05, 0) is 70.3 Å². The number of cyclic esters (lactones) is 1. The third-order valence-electron chi connectivity index (χ3n) is 8.53. The number of piperazine rings is 1. The zero-order valence-corrected chi connectivity index (χ0v) is 24.2. The van der Waals surface area contributed by atoms with Crippen LogP contribution in [0.25, 0.3) is 0 Å². The van der Waals surface area contributed by atoms with E-state index in [1.54, 1.807) is 4.90 Å². The van der Waals surface area contributed by atoms with Crippen molar-refractivity contribution >= 4 is 29.2 Å². The van der Waals surface area contributed by atoms with Crippen LogP contribution in [0.3, 0.4) is 0 Å². The number of hydrogen-bond acceptors (Lipinski definition) is 8. The zero-order valence-electron chi connectivity index (χ0n) is 24.2. The number of rotatable bonds is 9. The van der Waals surface area contributed by atoms with Crippen LogP contribution in [0.2, 0.25) is 0 Å². The molecule has 3 fully saturated rings. The first-order chi connectivity index (χ1) is 19.4. The quantitative estimate of drug-likeness (QED) is 0.379. The zero-order chi connectivity index (χ0) is 29.4. The lowest BCUT2D eigenvalue weighted by Gasteiger charge is -2.40. The second kappa shape index (κ2) is 11.5. The molecule has 12 heteroatoms. The van der Waals surface area contributed by atoms with Crippen molar-refractivity contribution in [3.8, 4) is 0 Å². The molecule has 224 valence electrons. The van der Waals surface area contributed by atoms with Gasteiger partial charge in [0.05, 0.1) is 0 Å². The minimum absolute atomic E-state index is 0.0856. The maximum atomic E-state index is 13.7. The van der Waals surface area contributed by atoms with E-state index in [1.165, 1.54) is 12.8 Å². The molecule has 1 aromatic carbocycles. The van der Waals surface area contributed by atoms with Crippen LogP contribution in [0.15, 0.2) is 24.4 Å². The Morgan fingerprint density at radius 2 is 1.90 bits per heavy atom. The van der Waals surface area contributed by atoms with E-state index in [0.717, 1.165) is 42.6 Å². The SMILES string of the molecule is CCc1cc(N2CC3CCC(C2)N3C)ccc1Nc1ncc(C(F)(F)F)c(NCCCN2CCC(C)(C)OC2=O)n1. The Hall–Kier alpha value is -3.28. The van der Waals surface area contributed by atoms with Crippen molar-refractivity contribution in [1.29, 1.82) is 0 Å². The Morgan fingerprint density at radius 1 is 1.17 bits per heavy atom. The molecule has 41 heavy (non-hydrogen) atoms. The van der Waals surface area contributed by atoms with Gasteiger partial charge in [0.2, 0.25) is 5.95 Å². The monoisotopic (exact) mass is 575 g/mol. The van der Waals surface area contributed by atoms with Crippen LogP contribution in [0.4, 0.5) is 41.1 Å². The number of anilines is 4.